The van der Waals surface area contributed by atoms with E-state index in [-0.39, 0.29) is 18.2 Å². The van der Waals surface area contributed by atoms with Crippen LogP contribution < -0.4 is 5.32 Å². The zero-order valence-corrected chi connectivity index (χ0v) is 20.3. The van der Waals surface area contributed by atoms with Crippen molar-refractivity contribution in [3.8, 4) is 0 Å². The quantitative estimate of drug-likeness (QED) is 0.0939. The predicted molar refractivity (Wildman–Crippen MR) is 135 cm³/mol. The van der Waals surface area contributed by atoms with E-state index in [4.69, 9.17) is 9.79 Å². The number of unbranched alkanes of at least 4 members (excludes halogenated alkanes) is 7. The van der Waals surface area contributed by atoms with Crippen LogP contribution in [0.15, 0.2) is 72.9 Å². The summed E-state index contributed by atoms with van der Waals surface area (Å²) in [5.74, 6) is -0.136. The van der Waals surface area contributed by atoms with Gasteiger partial charge in [0.05, 0.1) is 0 Å². The number of carbonyl (C=O) groups excluding carboxylic acids is 1. The molecule has 1 amide bonds. The summed E-state index contributed by atoms with van der Waals surface area (Å²) in [6, 6.07) is 0. The van der Waals surface area contributed by atoms with Gasteiger partial charge in [-0.1, -0.05) is 112 Å². The van der Waals surface area contributed by atoms with Crippen LogP contribution in [0.4, 0.5) is 0 Å². The van der Waals surface area contributed by atoms with Gasteiger partial charge in [0.25, 0.3) is 0 Å². The first-order valence-corrected chi connectivity index (χ1v) is 14.1. The molecule has 0 rings (SSSR count). The summed E-state index contributed by atoms with van der Waals surface area (Å²) < 4.78 is 10.6. The van der Waals surface area contributed by atoms with Crippen LogP contribution >= 0.6 is 18.2 Å². The average molecular weight is 468 g/mol. The molecule has 0 unspecified atom stereocenters. The lowest BCUT2D eigenvalue weighted by Gasteiger charge is -2.03. The van der Waals surface area contributed by atoms with E-state index in [2.05, 4.69) is 24.4 Å². The molecule has 0 atom stereocenters. The van der Waals surface area contributed by atoms with Crippen LogP contribution in [-0.2, 0) is 9.36 Å². The zero-order chi connectivity index (χ0) is 23.0. The highest BCUT2D eigenvalue weighted by Crippen LogP contribution is 2.49. The van der Waals surface area contributed by atoms with E-state index < -0.39 is 6.80 Å². The second-order valence-electron chi connectivity index (χ2n) is 6.85. The Morgan fingerprint density at radius 1 is 0.806 bits per heavy atom. The third-order valence-corrected chi connectivity index (χ3v) is 6.30. The minimum absolute atomic E-state index is 0.165. The van der Waals surface area contributed by atoms with Crippen LogP contribution in [-0.4, -0.2) is 28.0 Å². The monoisotopic (exact) mass is 467 g/mol. The Morgan fingerprint density at radius 2 is 1.32 bits per heavy atom. The van der Waals surface area contributed by atoms with Gasteiger partial charge in [-0.15, -0.1) is 0 Å². The number of rotatable bonds is 18. The maximum atomic E-state index is 11.5. The third kappa shape index (κ3) is 26.4. The molecule has 3 N–H and O–H groups in total. The fraction of sp³-hybridized carbons (Fsp3) is 0.458. The lowest BCUT2D eigenvalue weighted by atomic mass is 10.1. The summed E-state index contributed by atoms with van der Waals surface area (Å²) in [5, 5.41) is 2.55. The SMILES string of the molecule is CCCCCCCCCC=CC=CC=CC=CC=CC=CC(=O)NCCSP(=O)(O)O. The van der Waals surface area contributed by atoms with E-state index in [1.54, 1.807) is 12.2 Å². The van der Waals surface area contributed by atoms with E-state index >= 15 is 0 Å². The molecule has 0 aromatic heterocycles. The Labute approximate surface area is 192 Å². The maximum Gasteiger partial charge on any atom is 0.384 e. The van der Waals surface area contributed by atoms with Crippen LogP contribution in [0.25, 0.3) is 0 Å². The molecule has 0 heterocycles. The average Bonchev–Trinajstić information content (AvgIpc) is 2.72. The molecule has 31 heavy (non-hydrogen) atoms. The maximum absolute atomic E-state index is 11.5. The summed E-state index contributed by atoms with van der Waals surface area (Å²) in [4.78, 5) is 28.8. The van der Waals surface area contributed by atoms with Crippen molar-refractivity contribution in [2.45, 2.75) is 58.3 Å². The molecule has 0 aliphatic heterocycles. The summed E-state index contributed by atoms with van der Waals surface area (Å²) in [5.41, 5.74) is 0. The Bertz CT molecular complexity index is 675. The number of hydrogen-bond acceptors (Lipinski definition) is 3. The van der Waals surface area contributed by atoms with Gasteiger partial charge in [-0.2, -0.15) is 0 Å². The molecule has 0 spiro atoms. The predicted octanol–water partition coefficient (Wildman–Crippen LogP) is 6.41. The van der Waals surface area contributed by atoms with Gasteiger partial charge in [0.1, 0.15) is 0 Å². The molecular formula is C24H38NO4PS. The first kappa shape index (κ1) is 29.4. The van der Waals surface area contributed by atoms with Crippen molar-refractivity contribution >= 4 is 24.1 Å². The molecule has 174 valence electrons. The van der Waals surface area contributed by atoms with Crippen molar-refractivity contribution < 1.29 is 19.1 Å². The van der Waals surface area contributed by atoms with Crippen molar-refractivity contribution in [1.29, 1.82) is 0 Å². The highest BCUT2D eigenvalue weighted by molar-refractivity contribution is 8.54. The summed E-state index contributed by atoms with van der Waals surface area (Å²) in [7, 11) is 0. The molecular weight excluding hydrogens is 429 g/mol. The second kappa shape index (κ2) is 21.6. The normalized spacial score (nSPS) is 13.3. The Morgan fingerprint density at radius 3 is 1.90 bits per heavy atom. The Balaban J connectivity index is 3.73. The highest BCUT2D eigenvalue weighted by Gasteiger charge is 2.12. The van der Waals surface area contributed by atoms with E-state index in [1.807, 2.05) is 42.5 Å². The molecule has 7 heteroatoms. The van der Waals surface area contributed by atoms with E-state index in [0.29, 0.717) is 11.4 Å². The minimum Gasteiger partial charge on any atom is -0.352 e. The standard InChI is InChI=1S/C24H38NO4PS/c1-2-3-4-5-6-7-8-9-10-11-12-13-14-15-16-17-18-19-20-21-24(26)25-22-23-31-30(27,28)29/h10-21H,2-9,22-23H2,1H3,(H,25,26)(H2,27,28,29). The molecule has 0 aromatic rings. The van der Waals surface area contributed by atoms with Crippen molar-refractivity contribution in [2.24, 2.45) is 0 Å². The molecule has 0 aliphatic rings. The second-order valence-corrected chi connectivity index (χ2v) is 10.7. The summed E-state index contributed by atoms with van der Waals surface area (Å²) in [6.07, 6.45) is 33.0. The number of carbonyl (C=O) groups is 1. The van der Waals surface area contributed by atoms with Crippen LogP contribution in [0.3, 0.4) is 0 Å². The van der Waals surface area contributed by atoms with Crippen molar-refractivity contribution in [3.05, 3.63) is 72.9 Å². The van der Waals surface area contributed by atoms with E-state index in [9.17, 15) is 9.36 Å². The fourth-order valence-electron chi connectivity index (χ4n) is 2.45. The number of amides is 1. The third-order valence-electron chi connectivity index (χ3n) is 4.02. The molecule has 0 aliphatic carbocycles. The van der Waals surface area contributed by atoms with Crippen LogP contribution in [0.5, 0.6) is 0 Å². The largest absolute Gasteiger partial charge is 0.384 e. The lowest BCUT2D eigenvalue weighted by molar-refractivity contribution is -0.116. The zero-order valence-electron chi connectivity index (χ0n) is 18.6. The highest BCUT2D eigenvalue weighted by atomic mass is 32.7. The Kier molecular flexibility index (Phi) is 20.5. The fourth-order valence-corrected chi connectivity index (χ4v) is 3.87. The number of hydrogen-bond donors (Lipinski definition) is 3. The molecule has 0 saturated carbocycles. The van der Waals surface area contributed by atoms with Gasteiger partial charge >= 0.3 is 6.80 Å². The first-order valence-electron chi connectivity index (χ1n) is 10.9. The Hall–Kier alpha value is -1.59. The van der Waals surface area contributed by atoms with Crippen LogP contribution in [0, 0.1) is 0 Å². The lowest BCUT2D eigenvalue weighted by Crippen LogP contribution is -2.23. The van der Waals surface area contributed by atoms with Gasteiger partial charge in [-0.3, -0.25) is 4.79 Å². The molecule has 0 fully saturated rings. The van der Waals surface area contributed by atoms with Gasteiger partial charge in [-0.05, 0) is 24.2 Å². The summed E-state index contributed by atoms with van der Waals surface area (Å²) in [6.45, 7) is -1.62. The van der Waals surface area contributed by atoms with Gasteiger partial charge in [0, 0.05) is 18.4 Å². The van der Waals surface area contributed by atoms with Crippen LogP contribution in [0.1, 0.15) is 58.3 Å². The van der Waals surface area contributed by atoms with Gasteiger partial charge in [0.15, 0.2) is 0 Å². The van der Waals surface area contributed by atoms with Crippen LogP contribution in [0.2, 0.25) is 0 Å². The first-order chi connectivity index (χ1) is 15.0. The smallest absolute Gasteiger partial charge is 0.352 e. The van der Waals surface area contributed by atoms with Crippen molar-refractivity contribution in [2.75, 3.05) is 12.3 Å². The summed E-state index contributed by atoms with van der Waals surface area (Å²) >= 11 is 0.517. The topological polar surface area (TPSA) is 86.6 Å². The molecule has 5 nitrogen and oxygen atoms in total. The van der Waals surface area contributed by atoms with Crippen molar-refractivity contribution in [3.63, 3.8) is 0 Å². The number of allylic oxidation sites excluding steroid dienone is 11. The number of nitrogens with one attached hydrogen (secondary N) is 1. The van der Waals surface area contributed by atoms with Gasteiger partial charge in [0.2, 0.25) is 5.91 Å². The van der Waals surface area contributed by atoms with E-state index in [1.165, 1.54) is 51.0 Å². The molecule has 0 saturated heterocycles. The molecule has 0 bridgehead atoms. The van der Waals surface area contributed by atoms with Gasteiger partial charge in [-0.25, -0.2) is 4.57 Å². The van der Waals surface area contributed by atoms with Gasteiger partial charge < -0.3 is 15.1 Å². The van der Waals surface area contributed by atoms with Crippen molar-refractivity contribution in [1.82, 2.24) is 5.32 Å². The molecule has 0 radical (unpaired) electrons. The molecule has 0 aromatic carbocycles. The minimum atomic E-state index is -4.07. The van der Waals surface area contributed by atoms with E-state index in [0.717, 1.165) is 6.42 Å².